The van der Waals surface area contributed by atoms with Gasteiger partial charge in [0.25, 0.3) is 0 Å². The van der Waals surface area contributed by atoms with E-state index in [1.54, 1.807) is 0 Å². The van der Waals surface area contributed by atoms with Crippen molar-refractivity contribution in [3.8, 4) is 0 Å². The topological polar surface area (TPSA) is 49.7 Å². The van der Waals surface area contributed by atoms with Gasteiger partial charge in [-0.25, -0.2) is 0 Å². The summed E-state index contributed by atoms with van der Waals surface area (Å²) in [6, 6.07) is 0. The zero-order valence-electron chi connectivity index (χ0n) is 9.59. The molecule has 1 aliphatic rings. The number of rotatable bonds is 3. The lowest BCUT2D eigenvalue weighted by Gasteiger charge is -2.37. The van der Waals surface area contributed by atoms with Crippen molar-refractivity contribution in [1.29, 1.82) is 0 Å². The zero-order chi connectivity index (χ0) is 11.6. The molecule has 0 heterocycles. The van der Waals surface area contributed by atoms with Crippen LogP contribution in [0.2, 0.25) is 0 Å². The van der Waals surface area contributed by atoms with E-state index >= 15 is 0 Å². The fourth-order valence-corrected chi connectivity index (χ4v) is 3.34. The zero-order valence-corrected chi connectivity index (χ0v) is 11.3. The first-order chi connectivity index (χ1) is 6.79. The highest BCUT2D eigenvalue weighted by molar-refractivity contribution is 8.06. The van der Waals surface area contributed by atoms with Crippen LogP contribution in [-0.4, -0.2) is 15.9 Å². The van der Waals surface area contributed by atoms with Gasteiger partial charge in [0.15, 0.2) is 0 Å². The quantitative estimate of drug-likeness (QED) is 0.758. The molecule has 0 aromatic carbocycles. The Labute approximate surface area is 97.1 Å². The van der Waals surface area contributed by atoms with E-state index < -0.39 is 6.72 Å². The normalized spacial score (nSPS) is 33.3. The summed E-state index contributed by atoms with van der Waals surface area (Å²) in [6.07, 6.45) is 3.11. The Morgan fingerprint density at radius 1 is 1.33 bits per heavy atom. The van der Waals surface area contributed by atoms with Gasteiger partial charge in [-0.1, -0.05) is 27.2 Å². The van der Waals surface area contributed by atoms with Crippen LogP contribution in [0.15, 0.2) is 0 Å². The first kappa shape index (κ1) is 13.6. The highest BCUT2D eigenvalue weighted by Crippen LogP contribution is 2.45. The maximum atomic E-state index is 9.21. The average molecular weight is 252 g/mol. The van der Waals surface area contributed by atoms with E-state index in [0.717, 1.165) is 12.8 Å². The second-order valence-corrected chi connectivity index (χ2v) is 7.58. The van der Waals surface area contributed by atoms with Crippen molar-refractivity contribution >= 4 is 18.5 Å². The monoisotopic (exact) mass is 252 g/mol. The molecule has 0 spiro atoms. The van der Waals surface area contributed by atoms with Gasteiger partial charge in [0, 0.05) is 0 Å². The smallest absolute Gasteiger partial charge is 0.322 e. The van der Waals surface area contributed by atoms with Crippen LogP contribution in [0.5, 0.6) is 0 Å². The summed E-state index contributed by atoms with van der Waals surface area (Å²) in [5, 5.41) is 0. The van der Waals surface area contributed by atoms with Crippen molar-refractivity contribution in [3.05, 3.63) is 0 Å². The van der Waals surface area contributed by atoms with Gasteiger partial charge in [0.05, 0.1) is 6.10 Å². The molecule has 3 unspecified atom stereocenters. The van der Waals surface area contributed by atoms with E-state index in [2.05, 4.69) is 32.6 Å². The lowest BCUT2D eigenvalue weighted by Crippen LogP contribution is -2.33. The van der Waals surface area contributed by atoms with Crippen LogP contribution in [-0.2, 0) is 16.3 Å². The van der Waals surface area contributed by atoms with Crippen LogP contribution in [0.25, 0.3) is 0 Å². The van der Waals surface area contributed by atoms with Crippen LogP contribution in [0.4, 0.5) is 0 Å². The Bertz CT molecular complexity index is 251. The van der Waals surface area contributed by atoms with Gasteiger partial charge in [-0.15, -0.1) is 0 Å². The van der Waals surface area contributed by atoms with Gasteiger partial charge in [0.1, 0.15) is 0 Å². The molecule has 3 nitrogen and oxygen atoms in total. The second-order valence-electron chi connectivity index (χ2n) is 4.96. The first-order valence-electron chi connectivity index (χ1n) is 5.53. The molecule has 5 heteroatoms. The highest BCUT2D eigenvalue weighted by atomic mass is 32.5. The van der Waals surface area contributed by atoms with Gasteiger partial charge in [0.2, 0.25) is 0 Å². The van der Waals surface area contributed by atoms with Gasteiger partial charge >= 0.3 is 6.72 Å². The van der Waals surface area contributed by atoms with Gasteiger partial charge in [-0.05, 0) is 42.4 Å². The molecule has 3 atom stereocenters. The van der Waals surface area contributed by atoms with E-state index in [1.165, 1.54) is 6.42 Å². The van der Waals surface area contributed by atoms with Crippen molar-refractivity contribution in [3.63, 3.8) is 0 Å². The molecule has 2 N–H and O–H groups in total. The third kappa shape index (κ3) is 4.49. The van der Waals surface area contributed by atoms with Crippen molar-refractivity contribution in [2.75, 3.05) is 0 Å². The predicted octanol–water partition coefficient (Wildman–Crippen LogP) is 2.67. The number of hydrogen-bond acceptors (Lipinski definition) is 2. The summed E-state index contributed by atoms with van der Waals surface area (Å²) in [6.45, 7) is 2.96. The third-order valence-corrected chi connectivity index (χ3v) is 4.04. The van der Waals surface area contributed by atoms with Crippen LogP contribution >= 0.6 is 6.72 Å². The molecule has 0 aliphatic heterocycles. The summed E-state index contributed by atoms with van der Waals surface area (Å²) in [5.74, 6) is 1.50. The van der Waals surface area contributed by atoms with Crippen LogP contribution in [0.3, 0.4) is 0 Å². The maximum Gasteiger partial charge on any atom is 0.322 e. The molecular formula is C10H21O3PS. The van der Waals surface area contributed by atoms with Crippen LogP contribution in [0, 0.1) is 17.8 Å². The Hall–Kier alpha value is 0.530. The molecule has 1 aliphatic carbocycles. The van der Waals surface area contributed by atoms with Crippen molar-refractivity contribution < 1.29 is 14.3 Å². The third-order valence-electron chi connectivity index (χ3n) is 3.23. The minimum atomic E-state index is -3.50. The largest absolute Gasteiger partial charge is 0.325 e. The minimum absolute atomic E-state index is 0.0745. The fourth-order valence-electron chi connectivity index (χ4n) is 2.41. The molecule has 0 saturated heterocycles. The van der Waals surface area contributed by atoms with E-state index in [4.69, 9.17) is 4.52 Å². The molecule has 1 fully saturated rings. The number of hydrogen-bond donors (Lipinski definition) is 2. The molecule has 1 rings (SSSR count). The van der Waals surface area contributed by atoms with Crippen LogP contribution in [0.1, 0.15) is 40.0 Å². The highest BCUT2D eigenvalue weighted by Gasteiger charge is 2.34. The van der Waals surface area contributed by atoms with E-state index in [0.29, 0.717) is 17.8 Å². The van der Waals surface area contributed by atoms with Crippen LogP contribution < -0.4 is 0 Å². The predicted molar refractivity (Wildman–Crippen MR) is 64.9 cm³/mol. The van der Waals surface area contributed by atoms with Crippen molar-refractivity contribution in [2.45, 2.75) is 46.1 Å². The molecule has 0 bridgehead atoms. The van der Waals surface area contributed by atoms with E-state index in [9.17, 15) is 9.79 Å². The lowest BCUT2D eigenvalue weighted by molar-refractivity contribution is 0.0359. The first-order valence-corrected chi connectivity index (χ1v) is 8.16. The summed E-state index contributed by atoms with van der Waals surface area (Å²) in [5.41, 5.74) is 0. The van der Waals surface area contributed by atoms with E-state index in [1.807, 2.05) is 0 Å². The maximum absolute atomic E-state index is 9.21. The molecule has 15 heavy (non-hydrogen) atoms. The summed E-state index contributed by atoms with van der Waals surface area (Å²) >= 11 is 4.54. The Kier molecular flexibility index (Phi) is 4.75. The minimum Gasteiger partial charge on any atom is -0.325 e. The molecule has 1 saturated carbocycles. The average Bonchev–Trinajstić information content (AvgIpc) is 1.99. The van der Waals surface area contributed by atoms with Gasteiger partial charge in [-0.2, -0.15) is 0 Å². The molecule has 90 valence electrons. The Balaban J connectivity index is 2.66. The summed E-state index contributed by atoms with van der Waals surface area (Å²) < 4.78 is 5.26. The van der Waals surface area contributed by atoms with Gasteiger partial charge < -0.3 is 14.3 Å². The molecule has 0 aromatic heterocycles. The van der Waals surface area contributed by atoms with E-state index in [-0.39, 0.29) is 6.10 Å². The summed E-state index contributed by atoms with van der Waals surface area (Å²) in [7, 11) is 0. The Morgan fingerprint density at radius 2 is 1.93 bits per heavy atom. The molecule has 0 aromatic rings. The fraction of sp³-hybridized carbons (Fsp3) is 1.00. The SMILES string of the molecule is CC1CCC(C(C)C)C(OP(O)(O)=S)C1. The molecule has 0 radical (unpaired) electrons. The van der Waals surface area contributed by atoms with Crippen molar-refractivity contribution in [1.82, 2.24) is 0 Å². The lowest BCUT2D eigenvalue weighted by atomic mass is 9.75. The van der Waals surface area contributed by atoms with Crippen molar-refractivity contribution in [2.24, 2.45) is 17.8 Å². The standard InChI is InChI=1S/C10H21O3PS/c1-7(2)9-5-4-8(3)6-10(9)13-14(11,12)15/h7-10H,4-6H2,1-3H3,(H2,11,12,15). The molecular weight excluding hydrogens is 231 g/mol. The molecule has 0 amide bonds. The van der Waals surface area contributed by atoms with Gasteiger partial charge in [-0.3, -0.25) is 0 Å². The Morgan fingerprint density at radius 3 is 2.40 bits per heavy atom. The second kappa shape index (κ2) is 5.24. The summed E-state index contributed by atoms with van der Waals surface area (Å²) in [4.78, 5) is 18.4.